The third-order valence-corrected chi connectivity index (χ3v) is 2.88. The van der Waals surface area contributed by atoms with Crippen LogP contribution in [0.5, 0.6) is 0 Å². The molecule has 0 saturated carbocycles. The Morgan fingerprint density at radius 1 is 1.19 bits per heavy atom. The van der Waals surface area contributed by atoms with E-state index >= 15 is 0 Å². The fourth-order valence-electron chi connectivity index (χ4n) is 2.12. The molecule has 0 amide bonds. The molecule has 1 aliphatic rings. The Morgan fingerprint density at radius 3 is 2.88 bits per heavy atom. The maximum Gasteiger partial charge on any atom is 0.200 e. The highest BCUT2D eigenvalue weighted by Gasteiger charge is 2.21. The van der Waals surface area contributed by atoms with Gasteiger partial charge in [0, 0.05) is 18.3 Å². The maximum atomic E-state index is 10.6. The summed E-state index contributed by atoms with van der Waals surface area (Å²) in [6.45, 7) is 0.908. The summed E-state index contributed by atoms with van der Waals surface area (Å²) in [6.07, 6.45) is 1.75. The molecule has 2 heterocycles. The van der Waals surface area contributed by atoms with Crippen molar-refractivity contribution in [2.45, 2.75) is 6.42 Å². The molecule has 0 aliphatic carbocycles. The number of nitrogens with zero attached hydrogens (tertiary/aromatic N) is 1. The summed E-state index contributed by atoms with van der Waals surface area (Å²) in [6, 6.07) is 11.8. The molecule has 1 aromatic heterocycles. The van der Waals surface area contributed by atoms with Crippen molar-refractivity contribution in [2.24, 2.45) is 0 Å². The maximum absolute atomic E-state index is 10.6. The van der Waals surface area contributed by atoms with Crippen LogP contribution in [-0.2, 0) is 6.42 Å². The summed E-state index contributed by atoms with van der Waals surface area (Å²) in [5, 5.41) is 0. The second-order valence-electron chi connectivity index (χ2n) is 3.82. The summed E-state index contributed by atoms with van der Waals surface area (Å²) >= 11 is 0. The van der Waals surface area contributed by atoms with Crippen molar-refractivity contribution in [1.82, 2.24) is 0 Å². The zero-order valence-corrected chi connectivity index (χ0v) is 8.72. The van der Waals surface area contributed by atoms with Crippen molar-refractivity contribution >= 4 is 17.9 Å². The molecule has 16 heavy (non-hydrogen) atoms. The molecule has 0 unspecified atom stereocenters. The van der Waals surface area contributed by atoms with Crippen LogP contribution in [0.4, 0.5) is 11.6 Å². The first-order valence-corrected chi connectivity index (χ1v) is 5.29. The molecule has 3 nitrogen and oxygen atoms in total. The normalized spacial score (nSPS) is 13.9. The second kappa shape index (κ2) is 3.52. The largest absolute Gasteiger partial charge is 0.437 e. The van der Waals surface area contributed by atoms with Crippen molar-refractivity contribution in [2.75, 3.05) is 11.4 Å². The molecule has 80 valence electrons. The minimum Gasteiger partial charge on any atom is -0.437 e. The average molecular weight is 213 g/mol. The van der Waals surface area contributed by atoms with Gasteiger partial charge in [0.05, 0.1) is 0 Å². The van der Waals surface area contributed by atoms with E-state index in [4.69, 9.17) is 4.42 Å². The Balaban J connectivity index is 2.01. The van der Waals surface area contributed by atoms with Gasteiger partial charge in [-0.1, -0.05) is 18.2 Å². The van der Waals surface area contributed by atoms with E-state index in [1.54, 1.807) is 6.07 Å². The molecule has 0 spiro atoms. The van der Waals surface area contributed by atoms with Crippen LogP contribution in [0.25, 0.3) is 0 Å². The lowest BCUT2D eigenvalue weighted by Crippen LogP contribution is -2.12. The first-order chi connectivity index (χ1) is 7.88. The Morgan fingerprint density at radius 2 is 2.06 bits per heavy atom. The number of furan rings is 1. The number of aldehydes is 1. The monoisotopic (exact) mass is 213 g/mol. The van der Waals surface area contributed by atoms with E-state index < -0.39 is 0 Å². The number of anilines is 2. The van der Waals surface area contributed by atoms with Crippen LogP contribution in [0.3, 0.4) is 0 Å². The van der Waals surface area contributed by atoms with E-state index in [1.165, 1.54) is 11.3 Å². The molecule has 0 saturated heterocycles. The molecular weight excluding hydrogens is 202 g/mol. The SMILES string of the molecule is O=Cc1ccc(N2CCc3ccccc32)o1. The number of hydrogen-bond acceptors (Lipinski definition) is 3. The topological polar surface area (TPSA) is 33.5 Å². The molecular formula is C13H11NO2. The molecule has 0 N–H and O–H groups in total. The average Bonchev–Trinajstić information content (AvgIpc) is 2.94. The minimum atomic E-state index is 0.374. The summed E-state index contributed by atoms with van der Waals surface area (Å²) in [5.41, 5.74) is 2.50. The van der Waals surface area contributed by atoms with E-state index in [9.17, 15) is 4.79 Å². The van der Waals surface area contributed by atoms with E-state index in [2.05, 4.69) is 17.0 Å². The fourth-order valence-corrected chi connectivity index (χ4v) is 2.12. The van der Waals surface area contributed by atoms with Crippen LogP contribution >= 0.6 is 0 Å². The van der Waals surface area contributed by atoms with Gasteiger partial charge in [-0.05, 0) is 24.1 Å². The molecule has 0 radical (unpaired) electrons. The molecule has 2 aromatic rings. The van der Waals surface area contributed by atoms with E-state index in [1.807, 2.05) is 18.2 Å². The molecule has 1 aliphatic heterocycles. The van der Waals surface area contributed by atoms with Crippen LogP contribution in [0.15, 0.2) is 40.8 Å². The van der Waals surface area contributed by atoms with Crippen LogP contribution in [-0.4, -0.2) is 12.8 Å². The smallest absolute Gasteiger partial charge is 0.200 e. The zero-order valence-electron chi connectivity index (χ0n) is 8.72. The van der Waals surface area contributed by atoms with Crippen molar-refractivity contribution in [3.63, 3.8) is 0 Å². The van der Waals surface area contributed by atoms with Gasteiger partial charge in [0.2, 0.25) is 5.88 Å². The molecule has 0 fully saturated rings. The molecule has 3 rings (SSSR count). The fraction of sp³-hybridized carbons (Fsp3) is 0.154. The Labute approximate surface area is 93.3 Å². The lowest BCUT2D eigenvalue weighted by molar-refractivity contribution is 0.110. The third-order valence-electron chi connectivity index (χ3n) is 2.88. The predicted molar refractivity (Wildman–Crippen MR) is 61.2 cm³/mol. The highest BCUT2D eigenvalue weighted by molar-refractivity contribution is 5.73. The molecule has 0 atom stereocenters. The number of fused-ring (bicyclic) bond motifs is 1. The summed E-state index contributed by atoms with van der Waals surface area (Å²) in [7, 11) is 0. The van der Waals surface area contributed by atoms with Crippen molar-refractivity contribution in [3.05, 3.63) is 47.7 Å². The Hall–Kier alpha value is -2.03. The highest BCUT2D eigenvalue weighted by Crippen LogP contribution is 2.34. The van der Waals surface area contributed by atoms with Gasteiger partial charge >= 0.3 is 0 Å². The Bertz CT molecular complexity index is 530. The summed E-state index contributed by atoms with van der Waals surface area (Å²) < 4.78 is 5.43. The number of carbonyl (C=O) groups is 1. The zero-order chi connectivity index (χ0) is 11.0. The number of hydrogen-bond donors (Lipinski definition) is 0. The van der Waals surface area contributed by atoms with E-state index in [-0.39, 0.29) is 0 Å². The van der Waals surface area contributed by atoms with Gasteiger partial charge in [-0.2, -0.15) is 0 Å². The standard InChI is InChI=1S/C13H11NO2/c15-9-11-5-6-13(16-11)14-8-7-10-3-1-2-4-12(10)14/h1-6,9H,7-8H2. The highest BCUT2D eigenvalue weighted by atomic mass is 16.4. The van der Waals surface area contributed by atoms with E-state index in [0.29, 0.717) is 5.76 Å². The summed E-state index contributed by atoms with van der Waals surface area (Å²) in [5.74, 6) is 1.12. The second-order valence-corrected chi connectivity index (χ2v) is 3.82. The third kappa shape index (κ3) is 1.33. The van der Waals surface area contributed by atoms with Crippen molar-refractivity contribution in [3.8, 4) is 0 Å². The summed E-state index contributed by atoms with van der Waals surface area (Å²) in [4.78, 5) is 12.7. The van der Waals surface area contributed by atoms with Gasteiger partial charge in [-0.3, -0.25) is 4.79 Å². The number of benzene rings is 1. The van der Waals surface area contributed by atoms with E-state index in [0.717, 1.165) is 25.1 Å². The van der Waals surface area contributed by atoms with Crippen LogP contribution in [0, 0.1) is 0 Å². The van der Waals surface area contributed by atoms with Gasteiger partial charge in [-0.25, -0.2) is 0 Å². The van der Waals surface area contributed by atoms with Gasteiger partial charge in [-0.15, -0.1) is 0 Å². The molecule has 0 bridgehead atoms. The minimum absolute atomic E-state index is 0.374. The van der Waals surface area contributed by atoms with Crippen LogP contribution in [0.2, 0.25) is 0 Å². The van der Waals surface area contributed by atoms with Crippen LogP contribution in [0.1, 0.15) is 16.1 Å². The first-order valence-electron chi connectivity index (χ1n) is 5.29. The molecule has 1 aromatic carbocycles. The van der Waals surface area contributed by atoms with Gasteiger partial charge in [0.1, 0.15) is 0 Å². The number of carbonyl (C=O) groups excluding carboxylic acids is 1. The predicted octanol–water partition coefficient (Wildman–Crippen LogP) is 2.79. The first kappa shape index (κ1) is 9.21. The lowest BCUT2D eigenvalue weighted by atomic mass is 10.2. The van der Waals surface area contributed by atoms with Gasteiger partial charge < -0.3 is 9.32 Å². The quantitative estimate of drug-likeness (QED) is 0.719. The van der Waals surface area contributed by atoms with Crippen molar-refractivity contribution < 1.29 is 9.21 Å². The van der Waals surface area contributed by atoms with Gasteiger partial charge in [0.25, 0.3) is 0 Å². The van der Waals surface area contributed by atoms with Crippen LogP contribution < -0.4 is 4.90 Å². The number of rotatable bonds is 2. The number of para-hydroxylation sites is 1. The van der Waals surface area contributed by atoms with Gasteiger partial charge in [0.15, 0.2) is 12.0 Å². The van der Waals surface area contributed by atoms with Crippen molar-refractivity contribution in [1.29, 1.82) is 0 Å². The Kier molecular flexibility index (Phi) is 2.03. The lowest BCUT2D eigenvalue weighted by Gasteiger charge is -2.15. The molecule has 3 heteroatoms.